The fourth-order valence-electron chi connectivity index (χ4n) is 4.48. The molecule has 2 saturated heterocycles. The van der Waals surface area contributed by atoms with E-state index in [0.29, 0.717) is 12.6 Å². The number of nitrogens with zero attached hydrogens (tertiary/aromatic N) is 3. The van der Waals surface area contributed by atoms with Gasteiger partial charge < -0.3 is 19.7 Å². The van der Waals surface area contributed by atoms with Gasteiger partial charge >= 0.3 is 0 Å². The van der Waals surface area contributed by atoms with Gasteiger partial charge in [-0.15, -0.1) is 0 Å². The van der Waals surface area contributed by atoms with Crippen LogP contribution in [0.4, 0.5) is 4.39 Å². The molecule has 2 aliphatic rings. The van der Waals surface area contributed by atoms with Gasteiger partial charge in [0.15, 0.2) is 5.96 Å². The van der Waals surface area contributed by atoms with Gasteiger partial charge in [-0.05, 0) is 23.3 Å². The number of guanidine groups is 1. The number of halogens is 1. The van der Waals surface area contributed by atoms with Crippen LogP contribution in [0, 0.1) is 5.82 Å². The summed E-state index contributed by atoms with van der Waals surface area (Å²) in [6.45, 7) is 4.85. The van der Waals surface area contributed by atoms with Gasteiger partial charge in [0.2, 0.25) is 0 Å². The second-order valence-electron chi connectivity index (χ2n) is 8.04. The Morgan fingerprint density at radius 3 is 2.68 bits per heavy atom. The maximum atomic E-state index is 13.2. The van der Waals surface area contributed by atoms with E-state index >= 15 is 0 Å². The molecular formula is C24H31FN4O2. The van der Waals surface area contributed by atoms with Crippen molar-refractivity contribution in [1.82, 2.24) is 15.1 Å². The van der Waals surface area contributed by atoms with Crippen molar-refractivity contribution in [2.45, 2.75) is 24.8 Å². The molecule has 0 aromatic heterocycles. The zero-order valence-corrected chi connectivity index (χ0v) is 18.2. The zero-order valence-electron chi connectivity index (χ0n) is 18.2. The summed E-state index contributed by atoms with van der Waals surface area (Å²) < 4.78 is 25.0. The summed E-state index contributed by atoms with van der Waals surface area (Å²) in [6.07, 6.45) is -0.0145. The Morgan fingerprint density at radius 2 is 1.97 bits per heavy atom. The summed E-state index contributed by atoms with van der Waals surface area (Å²) in [5.74, 6) is 0.587. The van der Waals surface area contributed by atoms with Crippen LogP contribution in [0.1, 0.15) is 17.2 Å². The topological polar surface area (TPSA) is 49.3 Å². The van der Waals surface area contributed by atoms with Crippen molar-refractivity contribution in [3.63, 3.8) is 0 Å². The fourth-order valence-corrected chi connectivity index (χ4v) is 4.48. The minimum Gasteiger partial charge on any atom is -0.375 e. The Bertz CT molecular complexity index is 862. The van der Waals surface area contributed by atoms with Gasteiger partial charge in [-0.25, -0.2) is 4.39 Å². The van der Waals surface area contributed by atoms with Crippen molar-refractivity contribution in [2.24, 2.45) is 4.99 Å². The normalized spacial score (nSPS) is 22.9. The Kier molecular flexibility index (Phi) is 7.17. The molecule has 3 unspecified atom stereocenters. The van der Waals surface area contributed by atoms with E-state index in [2.05, 4.69) is 50.4 Å². The maximum Gasteiger partial charge on any atom is 0.193 e. The number of aliphatic imine (C=N–C) groups is 1. The second-order valence-corrected chi connectivity index (χ2v) is 8.04. The van der Waals surface area contributed by atoms with Gasteiger partial charge in [-0.2, -0.15) is 0 Å². The van der Waals surface area contributed by atoms with Crippen molar-refractivity contribution < 1.29 is 13.9 Å². The number of benzene rings is 2. The first-order chi connectivity index (χ1) is 15.2. The first-order valence-corrected chi connectivity index (χ1v) is 10.8. The number of nitrogens with one attached hydrogen (secondary N) is 1. The number of morpholine rings is 1. The first-order valence-electron chi connectivity index (χ1n) is 10.8. The highest BCUT2D eigenvalue weighted by Crippen LogP contribution is 2.25. The molecule has 0 aliphatic carbocycles. The average molecular weight is 427 g/mol. The van der Waals surface area contributed by atoms with E-state index in [0.717, 1.165) is 44.3 Å². The molecule has 2 aromatic carbocycles. The lowest BCUT2D eigenvalue weighted by molar-refractivity contribution is -0.0502. The molecule has 6 nitrogen and oxygen atoms in total. The molecule has 0 spiro atoms. The van der Waals surface area contributed by atoms with Crippen LogP contribution >= 0.6 is 0 Å². The number of ether oxygens (including phenoxy) is 2. The van der Waals surface area contributed by atoms with Crippen LogP contribution in [0.2, 0.25) is 0 Å². The van der Waals surface area contributed by atoms with Crippen LogP contribution < -0.4 is 5.32 Å². The fraction of sp³-hybridized carbons (Fsp3) is 0.458. The summed E-state index contributed by atoms with van der Waals surface area (Å²) in [5.41, 5.74) is 2.26. The van der Waals surface area contributed by atoms with E-state index in [4.69, 9.17) is 9.47 Å². The smallest absolute Gasteiger partial charge is 0.193 e. The molecule has 2 fully saturated rings. The highest BCUT2D eigenvalue weighted by atomic mass is 19.1. The molecule has 1 N–H and O–H groups in total. The molecule has 2 aliphatic heterocycles. The van der Waals surface area contributed by atoms with E-state index in [-0.39, 0.29) is 18.0 Å². The summed E-state index contributed by atoms with van der Waals surface area (Å²) in [7, 11) is 3.46. The number of hydrogen-bond donors (Lipinski definition) is 1. The molecule has 166 valence electrons. The molecular weight excluding hydrogens is 395 g/mol. The Hall–Kier alpha value is -2.48. The molecule has 0 radical (unpaired) electrons. The lowest BCUT2D eigenvalue weighted by Crippen LogP contribution is -2.50. The monoisotopic (exact) mass is 426 g/mol. The molecule has 3 atom stereocenters. The number of hydrogen-bond acceptors (Lipinski definition) is 4. The Balaban J connectivity index is 1.37. The molecule has 4 rings (SSSR count). The summed E-state index contributed by atoms with van der Waals surface area (Å²) in [6, 6.07) is 17.4. The molecule has 31 heavy (non-hydrogen) atoms. The quantitative estimate of drug-likeness (QED) is 0.569. The van der Waals surface area contributed by atoms with E-state index in [1.807, 2.05) is 0 Å². The lowest BCUT2D eigenvalue weighted by atomic mass is 10.1. The second kappa shape index (κ2) is 10.2. The van der Waals surface area contributed by atoms with E-state index < -0.39 is 0 Å². The number of fused-ring (bicyclic) bond motifs is 1. The largest absolute Gasteiger partial charge is 0.375 e. The number of likely N-dealkylation sites (tertiary alicyclic amines) is 1. The van der Waals surface area contributed by atoms with Crippen molar-refractivity contribution in [3.8, 4) is 0 Å². The standard InChI is InChI=1S/C24H31FN4O2/c1-26-24(27-14-22(30-2)19-8-10-20(25)11-9-19)29-16-21-23(17-29)31-13-12-28(21)15-18-6-4-3-5-7-18/h3-11,21-23H,12-17H2,1-2H3,(H,26,27). The van der Waals surface area contributed by atoms with Crippen molar-refractivity contribution >= 4 is 5.96 Å². The van der Waals surface area contributed by atoms with Crippen LogP contribution in [-0.2, 0) is 16.0 Å². The third-order valence-electron chi connectivity index (χ3n) is 6.13. The number of methoxy groups -OCH3 is 1. The van der Waals surface area contributed by atoms with Gasteiger partial charge in [-0.3, -0.25) is 9.89 Å². The minimum atomic E-state index is -0.248. The van der Waals surface area contributed by atoms with Crippen molar-refractivity contribution in [2.75, 3.05) is 46.9 Å². The Labute approximate surface area is 183 Å². The van der Waals surface area contributed by atoms with Crippen LogP contribution in [-0.4, -0.2) is 74.8 Å². The zero-order chi connectivity index (χ0) is 21.6. The average Bonchev–Trinajstić information content (AvgIpc) is 3.23. The lowest BCUT2D eigenvalue weighted by Gasteiger charge is -2.36. The van der Waals surface area contributed by atoms with Gasteiger partial charge in [0.25, 0.3) is 0 Å². The van der Waals surface area contributed by atoms with Crippen LogP contribution in [0.3, 0.4) is 0 Å². The van der Waals surface area contributed by atoms with Gasteiger partial charge in [0.1, 0.15) is 5.82 Å². The van der Waals surface area contributed by atoms with Gasteiger partial charge in [-0.1, -0.05) is 42.5 Å². The van der Waals surface area contributed by atoms with Gasteiger partial charge in [0, 0.05) is 46.9 Å². The van der Waals surface area contributed by atoms with Crippen molar-refractivity contribution in [3.05, 3.63) is 71.5 Å². The van der Waals surface area contributed by atoms with Crippen molar-refractivity contribution in [1.29, 1.82) is 0 Å². The minimum absolute atomic E-state index is 0.173. The van der Waals surface area contributed by atoms with E-state index in [9.17, 15) is 4.39 Å². The van der Waals surface area contributed by atoms with E-state index in [1.54, 1.807) is 26.3 Å². The molecule has 0 amide bonds. The van der Waals surface area contributed by atoms with Gasteiger partial charge in [0.05, 0.1) is 24.9 Å². The predicted octanol–water partition coefficient (Wildman–Crippen LogP) is 2.67. The van der Waals surface area contributed by atoms with E-state index in [1.165, 1.54) is 17.7 Å². The predicted molar refractivity (Wildman–Crippen MR) is 119 cm³/mol. The molecule has 2 aromatic rings. The Morgan fingerprint density at radius 1 is 1.19 bits per heavy atom. The van der Waals surface area contributed by atoms with Crippen LogP contribution in [0.5, 0.6) is 0 Å². The van der Waals surface area contributed by atoms with Crippen LogP contribution in [0.25, 0.3) is 0 Å². The molecule has 7 heteroatoms. The third kappa shape index (κ3) is 5.23. The summed E-state index contributed by atoms with van der Waals surface area (Å²) >= 11 is 0. The maximum absolute atomic E-state index is 13.2. The summed E-state index contributed by atoms with van der Waals surface area (Å²) in [5, 5.41) is 3.43. The first kappa shape index (κ1) is 21.7. The van der Waals surface area contributed by atoms with Crippen LogP contribution in [0.15, 0.2) is 59.6 Å². The SMILES string of the molecule is CN=C(NCC(OC)c1ccc(F)cc1)N1CC2OCCN(Cc3ccccc3)C2C1. The highest BCUT2D eigenvalue weighted by Gasteiger charge is 2.41. The summed E-state index contributed by atoms with van der Waals surface area (Å²) in [4.78, 5) is 9.27. The molecule has 0 bridgehead atoms. The molecule has 2 heterocycles. The molecule has 0 saturated carbocycles. The highest BCUT2D eigenvalue weighted by molar-refractivity contribution is 5.80. The number of rotatable bonds is 6. The third-order valence-corrected chi connectivity index (χ3v) is 6.13.